The predicted octanol–water partition coefficient (Wildman–Crippen LogP) is 2.05. The van der Waals surface area contributed by atoms with Gasteiger partial charge in [-0.2, -0.15) is 0 Å². The van der Waals surface area contributed by atoms with E-state index in [9.17, 15) is 13.2 Å². The second kappa shape index (κ2) is 8.46. The van der Waals surface area contributed by atoms with E-state index < -0.39 is 16.0 Å². The molecule has 0 spiro atoms. The van der Waals surface area contributed by atoms with Crippen molar-refractivity contribution in [2.45, 2.75) is 43.6 Å². The van der Waals surface area contributed by atoms with Crippen molar-refractivity contribution >= 4 is 21.7 Å². The molecule has 134 valence electrons. The fraction of sp³-hybridized carbons (Fsp3) is 0.562. The molecular weight excluding hydrogens is 332 g/mol. The van der Waals surface area contributed by atoms with E-state index in [-0.39, 0.29) is 16.6 Å². The Morgan fingerprint density at radius 2 is 2.21 bits per heavy atom. The van der Waals surface area contributed by atoms with Gasteiger partial charge < -0.3 is 15.2 Å². The van der Waals surface area contributed by atoms with Crippen molar-refractivity contribution in [3.05, 3.63) is 23.8 Å². The Hall–Kier alpha value is -1.64. The number of unbranched alkanes of at least 4 members (excludes halogenated alkanes) is 1. The molecule has 24 heavy (non-hydrogen) atoms. The fourth-order valence-electron chi connectivity index (χ4n) is 2.51. The standard InChI is InChI=1S/C16H24N2O5S/c1-2-3-8-18-24(21,22)15-10-12(16(19)20)6-7-14(15)17-11-13-5-4-9-23-13/h6-7,10,13,17-18H,2-5,8-9,11H2,1H3,(H,19,20). The van der Waals surface area contributed by atoms with Crippen LogP contribution < -0.4 is 10.0 Å². The summed E-state index contributed by atoms with van der Waals surface area (Å²) in [6.07, 6.45) is 3.55. The van der Waals surface area contributed by atoms with Crippen molar-refractivity contribution in [2.24, 2.45) is 0 Å². The topological polar surface area (TPSA) is 105 Å². The highest BCUT2D eigenvalue weighted by Crippen LogP contribution is 2.24. The molecular formula is C16H24N2O5S. The highest BCUT2D eigenvalue weighted by Gasteiger charge is 2.22. The molecule has 2 rings (SSSR count). The van der Waals surface area contributed by atoms with Crippen molar-refractivity contribution in [1.82, 2.24) is 4.72 Å². The number of ether oxygens (including phenoxy) is 1. The lowest BCUT2D eigenvalue weighted by atomic mass is 10.2. The second-order valence-electron chi connectivity index (χ2n) is 5.78. The lowest BCUT2D eigenvalue weighted by Crippen LogP contribution is -2.27. The highest BCUT2D eigenvalue weighted by molar-refractivity contribution is 7.89. The first-order valence-electron chi connectivity index (χ1n) is 8.16. The molecule has 0 saturated carbocycles. The summed E-state index contributed by atoms with van der Waals surface area (Å²) in [6.45, 7) is 3.49. The Balaban J connectivity index is 2.22. The molecule has 0 aromatic heterocycles. The fourth-order valence-corrected chi connectivity index (χ4v) is 3.79. The Morgan fingerprint density at radius 3 is 2.83 bits per heavy atom. The van der Waals surface area contributed by atoms with E-state index in [0.29, 0.717) is 25.4 Å². The van der Waals surface area contributed by atoms with Gasteiger partial charge in [0.2, 0.25) is 10.0 Å². The largest absolute Gasteiger partial charge is 0.478 e. The molecule has 1 aliphatic heterocycles. The molecule has 0 aliphatic carbocycles. The lowest BCUT2D eigenvalue weighted by molar-refractivity contribution is 0.0696. The number of aromatic carboxylic acids is 1. The zero-order chi connectivity index (χ0) is 17.6. The molecule has 1 aliphatic rings. The van der Waals surface area contributed by atoms with Crippen LogP contribution in [0.3, 0.4) is 0 Å². The maximum Gasteiger partial charge on any atom is 0.335 e. The zero-order valence-corrected chi connectivity index (χ0v) is 14.6. The van der Waals surface area contributed by atoms with Gasteiger partial charge in [0.25, 0.3) is 0 Å². The van der Waals surface area contributed by atoms with Crippen LogP contribution in [0.25, 0.3) is 0 Å². The van der Waals surface area contributed by atoms with Crippen molar-refractivity contribution in [3.63, 3.8) is 0 Å². The van der Waals surface area contributed by atoms with Gasteiger partial charge in [-0.3, -0.25) is 0 Å². The van der Waals surface area contributed by atoms with E-state index in [2.05, 4.69) is 10.0 Å². The van der Waals surface area contributed by atoms with Crippen LogP contribution in [0.2, 0.25) is 0 Å². The van der Waals surface area contributed by atoms with Crippen molar-refractivity contribution < 1.29 is 23.1 Å². The van der Waals surface area contributed by atoms with Crippen LogP contribution in [-0.4, -0.2) is 45.3 Å². The van der Waals surface area contributed by atoms with Crippen molar-refractivity contribution in [2.75, 3.05) is 25.0 Å². The van der Waals surface area contributed by atoms with E-state index in [4.69, 9.17) is 9.84 Å². The molecule has 7 nitrogen and oxygen atoms in total. The quantitative estimate of drug-likeness (QED) is 0.585. The highest BCUT2D eigenvalue weighted by atomic mass is 32.2. The van der Waals surface area contributed by atoms with Gasteiger partial charge in [0.05, 0.1) is 17.4 Å². The third kappa shape index (κ3) is 4.93. The first-order chi connectivity index (χ1) is 11.4. The molecule has 1 unspecified atom stereocenters. The number of benzene rings is 1. The predicted molar refractivity (Wildman–Crippen MR) is 91.0 cm³/mol. The summed E-state index contributed by atoms with van der Waals surface area (Å²) in [5.74, 6) is -1.16. The average molecular weight is 356 g/mol. The second-order valence-corrected chi connectivity index (χ2v) is 7.52. The monoisotopic (exact) mass is 356 g/mol. The third-order valence-electron chi connectivity index (χ3n) is 3.88. The van der Waals surface area contributed by atoms with Crippen LogP contribution in [0.4, 0.5) is 5.69 Å². The number of carbonyl (C=O) groups is 1. The Morgan fingerprint density at radius 1 is 1.42 bits per heavy atom. The molecule has 0 amide bonds. The molecule has 0 radical (unpaired) electrons. The van der Waals surface area contributed by atoms with E-state index in [1.165, 1.54) is 18.2 Å². The van der Waals surface area contributed by atoms with Crippen LogP contribution in [0.1, 0.15) is 43.0 Å². The number of rotatable bonds is 9. The zero-order valence-electron chi connectivity index (χ0n) is 13.7. The van der Waals surface area contributed by atoms with Gasteiger partial charge in [0, 0.05) is 19.7 Å². The number of hydrogen-bond acceptors (Lipinski definition) is 5. The van der Waals surface area contributed by atoms with E-state index in [1.54, 1.807) is 0 Å². The van der Waals surface area contributed by atoms with E-state index in [1.807, 2.05) is 6.92 Å². The summed E-state index contributed by atoms with van der Waals surface area (Å²) in [5.41, 5.74) is 0.327. The SMILES string of the molecule is CCCCNS(=O)(=O)c1cc(C(=O)O)ccc1NCC1CCCO1. The molecule has 0 bridgehead atoms. The molecule has 3 N–H and O–H groups in total. The van der Waals surface area contributed by atoms with E-state index in [0.717, 1.165) is 25.7 Å². The van der Waals surface area contributed by atoms with Gasteiger partial charge in [-0.1, -0.05) is 13.3 Å². The summed E-state index contributed by atoms with van der Waals surface area (Å²) in [5, 5.41) is 12.2. The summed E-state index contributed by atoms with van der Waals surface area (Å²) in [4.78, 5) is 11.1. The first kappa shape index (κ1) is 18.7. The van der Waals surface area contributed by atoms with Crippen LogP contribution in [0, 0.1) is 0 Å². The lowest BCUT2D eigenvalue weighted by Gasteiger charge is -2.16. The third-order valence-corrected chi connectivity index (χ3v) is 5.39. The molecule has 8 heteroatoms. The summed E-state index contributed by atoms with van der Waals surface area (Å²) in [7, 11) is -3.78. The number of carboxylic acid groups (broad SMARTS) is 1. The maximum absolute atomic E-state index is 12.5. The number of anilines is 1. The Kier molecular flexibility index (Phi) is 6.59. The van der Waals surface area contributed by atoms with Crippen LogP contribution in [-0.2, 0) is 14.8 Å². The minimum atomic E-state index is -3.78. The Bertz CT molecular complexity index is 669. The van der Waals surface area contributed by atoms with Gasteiger partial charge in [-0.05, 0) is 37.5 Å². The average Bonchev–Trinajstić information content (AvgIpc) is 3.06. The number of sulfonamides is 1. The van der Waals surface area contributed by atoms with Crippen LogP contribution in [0.5, 0.6) is 0 Å². The van der Waals surface area contributed by atoms with Crippen LogP contribution >= 0.6 is 0 Å². The minimum Gasteiger partial charge on any atom is -0.478 e. The summed E-state index contributed by atoms with van der Waals surface area (Å²) in [6, 6.07) is 4.08. The molecule has 1 saturated heterocycles. The van der Waals surface area contributed by atoms with E-state index >= 15 is 0 Å². The van der Waals surface area contributed by atoms with Gasteiger partial charge in [0.15, 0.2) is 0 Å². The van der Waals surface area contributed by atoms with Gasteiger partial charge >= 0.3 is 5.97 Å². The van der Waals surface area contributed by atoms with Gasteiger partial charge in [-0.25, -0.2) is 17.9 Å². The molecule has 1 aromatic carbocycles. The van der Waals surface area contributed by atoms with Gasteiger partial charge in [0.1, 0.15) is 4.90 Å². The first-order valence-corrected chi connectivity index (χ1v) is 9.65. The van der Waals surface area contributed by atoms with Crippen molar-refractivity contribution in [1.29, 1.82) is 0 Å². The maximum atomic E-state index is 12.5. The molecule has 1 aromatic rings. The minimum absolute atomic E-state index is 0.0449. The number of nitrogens with one attached hydrogen (secondary N) is 2. The molecule has 1 heterocycles. The molecule has 1 fully saturated rings. The summed E-state index contributed by atoms with van der Waals surface area (Å²) >= 11 is 0. The molecule has 1 atom stereocenters. The summed E-state index contributed by atoms with van der Waals surface area (Å²) < 4.78 is 33.1. The van der Waals surface area contributed by atoms with Gasteiger partial charge in [-0.15, -0.1) is 0 Å². The Labute approximate surface area is 142 Å². The normalized spacial score (nSPS) is 17.8. The number of carboxylic acids is 1. The smallest absolute Gasteiger partial charge is 0.335 e. The number of hydrogen-bond donors (Lipinski definition) is 3. The van der Waals surface area contributed by atoms with Crippen LogP contribution in [0.15, 0.2) is 23.1 Å². The van der Waals surface area contributed by atoms with Crippen molar-refractivity contribution in [3.8, 4) is 0 Å².